The molecule has 0 spiro atoms. The van der Waals surface area contributed by atoms with Crippen molar-refractivity contribution in [1.29, 1.82) is 5.26 Å². The van der Waals surface area contributed by atoms with E-state index >= 15 is 0 Å². The van der Waals surface area contributed by atoms with Crippen molar-refractivity contribution in [2.45, 2.75) is 6.54 Å². The molecule has 3 aromatic carbocycles. The van der Waals surface area contributed by atoms with Crippen molar-refractivity contribution < 1.29 is 4.92 Å². The number of nitro groups is 1. The third kappa shape index (κ3) is 4.31. The number of nitro benzene ring substituents is 1. The number of nitriles is 1. The van der Waals surface area contributed by atoms with E-state index in [-0.39, 0.29) is 5.69 Å². The van der Waals surface area contributed by atoms with Gasteiger partial charge in [-0.2, -0.15) is 5.26 Å². The van der Waals surface area contributed by atoms with Crippen molar-refractivity contribution in [2.75, 3.05) is 0 Å². The number of halogens is 2. The van der Waals surface area contributed by atoms with E-state index in [1.54, 1.807) is 30.3 Å². The van der Waals surface area contributed by atoms with Crippen LogP contribution in [0, 0.1) is 21.4 Å². The maximum Gasteiger partial charge on any atom is 0.270 e. The Morgan fingerprint density at radius 3 is 2.65 bits per heavy atom. The molecule has 0 amide bonds. The minimum Gasteiger partial charge on any atom is -0.342 e. The van der Waals surface area contributed by atoms with Gasteiger partial charge in [-0.25, -0.2) is 0 Å². The lowest BCUT2D eigenvalue weighted by Crippen LogP contribution is -1.98. The summed E-state index contributed by atoms with van der Waals surface area (Å²) in [6, 6.07) is 21.5. The Morgan fingerprint density at radius 1 is 1.10 bits per heavy atom. The van der Waals surface area contributed by atoms with Gasteiger partial charge in [0, 0.05) is 51.4 Å². The second kappa shape index (κ2) is 8.65. The fourth-order valence-electron chi connectivity index (χ4n) is 3.48. The van der Waals surface area contributed by atoms with Crippen LogP contribution in [0.15, 0.2) is 72.9 Å². The summed E-state index contributed by atoms with van der Waals surface area (Å²) in [6.07, 6.45) is 3.70. The van der Waals surface area contributed by atoms with E-state index in [1.807, 2.05) is 36.5 Å². The van der Waals surface area contributed by atoms with Crippen LogP contribution in [0.2, 0.25) is 10.0 Å². The number of hydrogen-bond donors (Lipinski definition) is 0. The third-order valence-electron chi connectivity index (χ3n) is 4.96. The fourth-order valence-corrected chi connectivity index (χ4v) is 3.95. The van der Waals surface area contributed by atoms with E-state index < -0.39 is 4.92 Å². The molecular weight excluding hydrogens is 433 g/mol. The maximum atomic E-state index is 11.1. The van der Waals surface area contributed by atoms with E-state index in [9.17, 15) is 15.4 Å². The van der Waals surface area contributed by atoms with Crippen LogP contribution in [0.5, 0.6) is 0 Å². The van der Waals surface area contributed by atoms with Gasteiger partial charge in [-0.1, -0.05) is 59.6 Å². The molecule has 0 radical (unpaired) electrons. The molecule has 7 heteroatoms. The first-order valence-electron chi connectivity index (χ1n) is 9.34. The number of allylic oxidation sites excluding steroid dienone is 1. The van der Waals surface area contributed by atoms with Gasteiger partial charge in [0.15, 0.2) is 0 Å². The molecule has 0 aliphatic carbocycles. The molecule has 1 heterocycles. The maximum absolute atomic E-state index is 11.1. The smallest absolute Gasteiger partial charge is 0.270 e. The highest BCUT2D eigenvalue weighted by molar-refractivity contribution is 6.35. The minimum atomic E-state index is -0.472. The molecule has 152 valence electrons. The summed E-state index contributed by atoms with van der Waals surface area (Å²) in [4.78, 5) is 10.6. The van der Waals surface area contributed by atoms with Crippen LogP contribution in [0.4, 0.5) is 5.69 Å². The molecule has 4 rings (SSSR count). The second-order valence-corrected chi connectivity index (χ2v) is 7.79. The predicted octanol–water partition coefficient (Wildman–Crippen LogP) is 6.97. The van der Waals surface area contributed by atoms with Crippen LogP contribution in [0.1, 0.15) is 16.7 Å². The molecule has 5 nitrogen and oxygen atoms in total. The van der Waals surface area contributed by atoms with Crippen LogP contribution >= 0.6 is 23.2 Å². The Labute approximate surface area is 188 Å². The quantitative estimate of drug-likeness (QED) is 0.188. The Hall–Kier alpha value is -3.59. The summed E-state index contributed by atoms with van der Waals surface area (Å²) in [7, 11) is 0. The highest BCUT2D eigenvalue weighted by Crippen LogP contribution is 2.29. The first kappa shape index (κ1) is 20.7. The van der Waals surface area contributed by atoms with Crippen LogP contribution < -0.4 is 0 Å². The van der Waals surface area contributed by atoms with Gasteiger partial charge < -0.3 is 4.57 Å². The Balaban J connectivity index is 1.80. The van der Waals surface area contributed by atoms with E-state index in [4.69, 9.17) is 23.2 Å². The lowest BCUT2D eigenvalue weighted by molar-refractivity contribution is -0.384. The average Bonchev–Trinajstić information content (AvgIpc) is 3.11. The number of aromatic nitrogens is 1. The van der Waals surface area contributed by atoms with Crippen LogP contribution in [0.3, 0.4) is 0 Å². The van der Waals surface area contributed by atoms with Crippen LogP contribution in [-0.2, 0) is 6.54 Å². The zero-order chi connectivity index (χ0) is 22.0. The van der Waals surface area contributed by atoms with Gasteiger partial charge in [0.2, 0.25) is 0 Å². The summed E-state index contributed by atoms with van der Waals surface area (Å²) < 4.78 is 2.05. The Kier molecular flexibility index (Phi) is 5.77. The molecule has 0 bridgehead atoms. The molecule has 0 aliphatic rings. The SMILES string of the molecule is N#C/C(=C/c1cn(Cc2ccc(Cl)cc2Cl)c2ccccc12)c1cccc([N+](=O)[O-])c1. The van der Waals surface area contributed by atoms with E-state index in [0.29, 0.717) is 27.7 Å². The summed E-state index contributed by atoms with van der Waals surface area (Å²) in [5.74, 6) is 0. The molecule has 4 aromatic rings. The van der Waals surface area contributed by atoms with Crippen molar-refractivity contribution >= 4 is 51.4 Å². The molecule has 0 N–H and O–H groups in total. The van der Waals surface area contributed by atoms with Gasteiger partial charge in [-0.3, -0.25) is 10.1 Å². The van der Waals surface area contributed by atoms with Crippen LogP contribution in [0.25, 0.3) is 22.6 Å². The molecule has 0 saturated heterocycles. The van der Waals surface area contributed by atoms with Crippen molar-refractivity contribution in [2.24, 2.45) is 0 Å². The third-order valence-corrected chi connectivity index (χ3v) is 5.55. The molecule has 31 heavy (non-hydrogen) atoms. The zero-order valence-electron chi connectivity index (χ0n) is 16.1. The highest BCUT2D eigenvalue weighted by atomic mass is 35.5. The fraction of sp³-hybridized carbons (Fsp3) is 0.0417. The van der Waals surface area contributed by atoms with Crippen molar-refractivity contribution in [3.05, 3.63) is 110 Å². The molecule has 0 fully saturated rings. The van der Waals surface area contributed by atoms with Gasteiger partial charge in [-0.15, -0.1) is 0 Å². The topological polar surface area (TPSA) is 71.9 Å². The first-order valence-corrected chi connectivity index (χ1v) is 10.1. The Morgan fingerprint density at radius 2 is 1.90 bits per heavy atom. The average molecular weight is 448 g/mol. The van der Waals surface area contributed by atoms with Gasteiger partial charge in [0.25, 0.3) is 5.69 Å². The normalized spacial score (nSPS) is 11.5. The molecule has 1 aromatic heterocycles. The lowest BCUT2D eigenvalue weighted by Gasteiger charge is -2.08. The van der Waals surface area contributed by atoms with Crippen molar-refractivity contribution in [3.8, 4) is 6.07 Å². The van der Waals surface area contributed by atoms with Gasteiger partial charge >= 0.3 is 0 Å². The predicted molar refractivity (Wildman–Crippen MR) is 124 cm³/mol. The number of para-hydroxylation sites is 1. The minimum absolute atomic E-state index is 0.0570. The molecule has 0 atom stereocenters. The Bertz CT molecular complexity index is 1380. The van der Waals surface area contributed by atoms with E-state index in [2.05, 4.69) is 10.6 Å². The van der Waals surface area contributed by atoms with Gasteiger partial charge in [0.05, 0.1) is 16.6 Å². The molecule has 0 aliphatic heterocycles. The van der Waals surface area contributed by atoms with E-state index in [1.165, 1.54) is 12.1 Å². The van der Waals surface area contributed by atoms with Crippen molar-refractivity contribution in [3.63, 3.8) is 0 Å². The lowest BCUT2D eigenvalue weighted by atomic mass is 10.0. The van der Waals surface area contributed by atoms with Crippen LogP contribution in [-0.4, -0.2) is 9.49 Å². The second-order valence-electron chi connectivity index (χ2n) is 6.94. The largest absolute Gasteiger partial charge is 0.342 e. The monoisotopic (exact) mass is 447 g/mol. The van der Waals surface area contributed by atoms with Gasteiger partial charge in [-0.05, 0) is 35.4 Å². The van der Waals surface area contributed by atoms with Gasteiger partial charge in [0.1, 0.15) is 0 Å². The molecule has 0 saturated carbocycles. The number of hydrogen-bond acceptors (Lipinski definition) is 3. The molecular formula is C24H15Cl2N3O2. The summed E-state index contributed by atoms with van der Waals surface area (Å²) in [6.45, 7) is 0.531. The summed E-state index contributed by atoms with van der Waals surface area (Å²) in [5.41, 5.74) is 3.52. The standard InChI is InChI=1S/C24H15Cl2N3O2/c25-20-9-8-17(23(26)12-20)14-28-15-19(22-6-1-2-7-24(22)28)10-18(13-27)16-4-3-5-21(11-16)29(30)31/h1-12,15H,14H2/b18-10-. The van der Waals surface area contributed by atoms with E-state index in [0.717, 1.165) is 22.0 Å². The summed E-state index contributed by atoms with van der Waals surface area (Å²) in [5, 5.41) is 22.9. The highest BCUT2D eigenvalue weighted by Gasteiger charge is 2.12. The summed E-state index contributed by atoms with van der Waals surface area (Å²) >= 11 is 12.4. The zero-order valence-corrected chi connectivity index (χ0v) is 17.6. The number of benzene rings is 3. The van der Waals surface area contributed by atoms with Crippen molar-refractivity contribution in [1.82, 2.24) is 4.57 Å². The number of fused-ring (bicyclic) bond motifs is 1. The molecule has 0 unspecified atom stereocenters. The number of non-ortho nitro benzene ring substituents is 1. The first-order chi connectivity index (χ1) is 15.0. The number of rotatable bonds is 5. The number of nitrogens with zero attached hydrogens (tertiary/aromatic N) is 3.